The Morgan fingerprint density at radius 1 is 1.04 bits per heavy atom. The number of nitro groups is 3. The molecule has 2 aromatic carbocycles. The smallest absolute Gasteiger partial charge is 0.416 e. The zero-order chi connectivity index (χ0) is 40.5. The number of nitro benzene ring substituents is 2. The summed E-state index contributed by atoms with van der Waals surface area (Å²) >= 11 is 11.5. The van der Waals surface area contributed by atoms with Crippen LogP contribution in [0.1, 0.15) is 49.8 Å². The second-order valence-electron chi connectivity index (χ2n) is 11.1. The first-order valence-electron chi connectivity index (χ1n) is 14.8. The van der Waals surface area contributed by atoms with Gasteiger partial charge in [-0.25, -0.2) is 4.68 Å². The van der Waals surface area contributed by atoms with Gasteiger partial charge >= 0.3 is 23.5 Å². The molecule has 0 saturated carbocycles. The quantitative estimate of drug-likeness (QED) is 0.0694. The van der Waals surface area contributed by atoms with Gasteiger partial charge in [0.1, 0.15) is 17.9 Å². The molecule has 0 amide bonds. The summed E-state index contributed by atoms with van der Waals surface area (Å²) in [7, 11) is -3.10. The van der Waals surface area contributed by atoms with Crippen molar-refractivity contribution in [3.8, 4) is 5.69 Å². The molecule has 0 saturated heterocycles. The molecule has 2 unspecified atom stereocenters. The number of carboxylic acids is 1. The number of aromatic nitrogens is 2. The van der Waals surface area contributed by atoms with Crippen LogP contribution in [-0.4, -0.2) is 65.4 Å². The second-order valence-corrected chi connectivity index (χ2v) is 14.5. The van der Waals surface area contributed by atoms with Crippen LogP contribution in [0.25, 0.3) is 5.69 Å². The molecule has 52 heavy (non-hydrogen) atoms. The van der Waals surface area contributed by atoms with Crippen LogP contribution < -0.4 is 16.8 Å². The largest absolute Gasteiger partial charge is 0.480 e. The van der Waals surface area contributed by atoms with Gasteiger partial charge in [-0.3, -0.25) is 39.7 Å². The number of hydrogen-bond donors (Lipinski definition) is 5. The van der Waals surface area contributed by atoms with Crippen LogP contribution in [0.4, 0.5) is 41.7 Å². The van der Waals surface area contributed by atoms with Crippen molar-refractivity contribution < 1.29 is 47.3 Å². The molecule has 0 aliphatic heterocycles. The fourth-order valence-electron chi connectivity index (χ4n) is 4.19. The second kappa shape index (κ2) is 18.8. The van der Waals surface area contributed by atoms with E-state index >= 15 is 0 Å². The first kappa shape index (κ1) is 45.5. The Labute approximate surface area is 303 Å². The lowest BCUT2D eigenvalue weighted by atomic mass is 10.0. The predicted octanol–water partition coefficient (Wildman–Crippen LogP) is 7.10. The number of benzene rings is 2. The molecule has 288 valence electrons. The van der Waals surface area contributed by atoms with Crippen LogP contribution >= 0.6 is 30.6 Å². The van der Waals surface area contributed by atoms with Gasteiger partial charge in [-0.15, -0.1) is 0 Å². The third kappa shape index (κ3) is 12.6. The number of carboxylic acid groups (broad SMARTS) is 1. The normalized spacial score (nSPS) is 12.8. The maximum absolute atomic E-state index is 12.6. The Bertz CT molecular complexity index is 1830. The average Bonchev–Trinajstić information content (AvgIpc) is 3.39. The Kier molecular flexibility index (Phi) is 16.4. The van der Waals surface area contributed by atoms with Gasteiger partial charge in [0, 0.05) is 30.5 Å². The molecule has 0 bridgehead atoms. The summed E-state index contributed by atoms with van der Waals surface area (Å²) < 4.78 is 49.3. The fourth-order valence-corrected chi connectivity index (χ4v) is 5.60. The van der Waals surface area contributed by atoms with Crippen LogP contribution in [0.3, 0.4) is 0 Å². The van der Waals surface area contributed by atoms with Gasteiger partial charge in [-0.05, 0) is 50.8 Å². The molecule has 1 aromatic heterocycles. The average molecular weight is 804 g/mol. The van der Waals surface area contributed by atoms with E-state index in [1.165, 1.54) is 12.7 Å². The molecule has 24 heteroatoms. The first-order chi connectivity index (χ1) is 23.8. The fraction of sp³-hybridized carbons (Fsp3) is 0.429. The van der Waals surface area contributed by atoms with E-state index in [0.29, 0.717) is 23.3 Å². The van der Waals surface area contributed by atoms with E-state index in [1.807, 2.05) is 13.8 Å². The predicted molar refractivity (Wildman–Crippen MR) is 188 cm³/mol. The number of anilines is 2. The van der Waals surface area contributed by atoms with Crippen molar-refractivity contribution in [3.05, 3.63) is 81.5 Å². The number of nitrogens with zero attached hydrogens (tertiary/aromatic N) is 5. The Morgan fingerprint density at radius 2 is 1.54 bits per heavy atom. The van der Waals surface area contributed by atoms with E-state index in [1.54, 1.807) is 13.8 Å². The molecule has 0 radical (unpaired) electrons. The van der Waals surface area contributed by atoms with E-state index in [-0.39, 0.29) is 51.4 Å². The highest BCUT2D eigenvalue weighted by molar-refractivity contribution is 7.57. The number of hydrogen-bond acceptors (Lipinski definition) is 12. The lowest BCUT2D eigenvalue weighted by Gasteiger charge is -2.17. The summed E-state index contributed by atoms with van der Waals surface area (Å²) in [6.45, 7) is 8.28. The summed E-state index contributed by atoms with van der Waals surface area (Å²) in [5.74, 6) is -1.54. The number of aliphatic carboxylic acids is 1. The summed E-state index contributed by atoms with van der Waals surface area (Å²) in [6, 6.07) is 1.59. The number of nitrogens with one attached hydrogen (secondary N) is 1. The first-order valence-corrected chi connectivity index (χ1v) is 17.8. The summed E-state index contributed by atoms with van der Waals surface area (Å²) in [5, 5.41) is 47.2. The van der Waals surface area contributed by atoms with E-state index in [4.69, 9.17) is 44.7 Å². The molecule has 18 nitrogen and oxygen atoms in total. The third-order valence-corrected chi connectivity index (χ3v) is 8.88. The molecule has 0 aliphatic rings. The third-order valence-electron chi connectivity index (χ3n) is 7.22. The maximum Gasteiger partial charge on any atom is 0.416 e. The number of nitrogens with two attached hydrogens (primary N) is 2. The SMILES string of the molecule is CCC(CC)Nc1c([N+](=O)[O-])cc(C)c(C)c1[N+](=O)[O-].CP(=O)(O)CCC(N)C(=O)O.Nc1c([N+](=O)[O-])cnn1-c1c(Cl)cc(C(F)(F)F)cc1Cl. The number of aryl methyl sites for hydroxylation is 1. The Hall–Kier alpha value is -4.56. The van der Waals surface area contributed by atoms with Gasteiger partial charge in [-0.2, -0.15) is 18.3 Å². The van der Waals surface area contributed by atoms with E-state index in [0.717, 1.165) is 23.7 Å². The van der Waals surface area contributed by atoms with Gasteiger partial charge in [0.25, 0.3) is 5.69 Å². The van der Waals surface area contributed by atoms with Gasteiger partial charge in [0.05, 0.1) is 30.4 Å². The van der Waals surface area contributed by atoms with Crippen LogP contribution in [0, 0.1) is 44.2 Å². The van der Waals surface area contributed by atoms with Crippen molar-refractivity contribution in [2.75, 3.05) is 23.9 Å². The molecule has 0 fully saturated rings. The van der Waals surface area contributed by atoms with E-state index < -0.39 is 57.4 Å². The lowest BCUT2D eigenvalue weighted by molar-refractivity contribution is -0.392. The number of nitrogen functional groups attached to an aromatic ring is 1. The number of halogens is 5. The van der Waals surface area contributed by atoms with Gasteiger partial charge in [-0.1, -0.05) is 37.0 Å². The van der Waals surface area contributed by atoms with Gasteiger partial charge < -0.3 is 26.8 Å². The lowest BCUT2D eigenvalue weighted by Crippen LogP contribution is -2.30. The summed E-state index contributed by atoms with van der Waals surface area (Å²) in [5.41, 5.74) is 9.43. The Morgan fingerprint density at radius 3 is 1.90 bits per heavy atom. The molecule has 2 atom stereocenters. The molecule has 0 aliphatic carbocycles. The highest BCUT2D eigenvalue weighted by Gasteiger charge is 2.33. The molecule has 1 heterocycles. The van der Waals surface area contributed by atoms with Crippen molar-refractivity contribution in [3.63, 3.8) is 0 Å². The highest BCUT2D eigenvalue weighted by Crippen LogP contribution is 2.41. The van der Waals surface area contributed by atoms with Crippen molar-refractivity contribution in [1.82, 2.24) is 9.78 Å². The minimum Gasteiger partial charge on any atom is -0.480 e. The standard InChI is InChI=1S/C13H19N3O4.C10H5Cl2F3N4O2.C5H12NO4P/c1-5-10(6-2)14-12-11(15(17)18)7-8(3)9(4)13(12)16(19)20;11-5-1-4(10(13,14)15)2-6(12)8(5)18-9(16)7(3-17-18)19(20)21;1-11(9,10)3-2-4(6)5(7)8/h7,10,14H,5-6H2,1-4H3;1-3H,16H2;4H,2-3,6H2,1H3,(H,7,8)(H,9,10). The topological polar surface area (TPSA) is 286 Å². The minimum atomic E-state index is -4.63. The van der Waals surface area contributed by atoms with Crippen molar-refractivity contribution in [2.24, 2.45) is 5.73 Å². The molecule has 0 spiro atoms. The van der Waals surface area contributed by atoms with Crippen LogP contribution in [-0.2, 0) is 15.5 Å². The highest BCUT2D eigenvalue weighted by atomic mass is 35.5. The molecule has 3 rings (SSSR count). The van der Waals surface area contributed by atoms with Crippen LogP contribution in [0.15, 0.2) is 24.4 Å². The van der Waals surface area contributed by atoms with Gasteiger partial charge in [0.15, 0.2) is 13.1 Å². The molecule has 3 aromatic rings. The van der Waals surface area contributed by atoms with Gasteiger partial charge in [0.2, 0.25) is 5.82 Å². The van der Waals surface area contributed by atoms with E-state index in [2.05, 4.69) is 10.4 Å². The maximum atomic E-state index is 12.6. The number of alkyl halides is 3. The number of carbonyl (C=O) groups is 1. The Balaban J connectivity index is 0.000000410. The van der Waals surface area contributed by atoms with Crippen LogP contribution in [0.5, 0.6) is 0 Å². The zero-order valence-electron chi connectivity index (χ0n) is 28.2. The van der Waals surface area contributed by atoms with Crippen molar-refractivity contribution >= 4 is 65.1 Å². The van der Waals surface area contributed by atoms with Crippen molar-refractivity contribution in [2.45, 2.75) is 65.2 Å². The molecular weight excluding hydrogens is 767 g/mol. The van der Waals surface area contributed by atoms with Crippen molar-refractivity contribution in [1.29, 1.82) is 0 Å². The number of rotatable bonds is 12. The zero-order valence-corrected chi connectivity index (χ0v) is 30.6. The summed E-state index contributed by atoms with van der Waals surface area (Å²) in [6.07, 6.45) is -2.32. The monoisotopic (exact) mass is 802 g/mol. The molecule has 7 N–H and O–H groups in total. The minimum absolute atomic E-state index is 0.0109. The summed E-state index contributed by atoms with van der Waals surface area (Å²) in [4.78, 5) is 50.1. The molecular formula is C28H36Cl2F3N8O10P. The van der Waals surface area contributed by atoms with Crippen LogP contribution in [0.2, 0.25) is 10.0 Å². The van der Waals surface area contributed by atoms with E-state index in [9.17, 15) is 52.9 Å².